The largest absolute Gasteiger partial charge is 0.493 e. The van der Waals surface area contributed by atoms with Crippen molar-refractivity contribution in [3.8, 4) is 5.75 Å². The van der Waals surface area contributed by atoms with Gasteiger partial charge in [-0.2, -0.15) is 0 Å². The van der Waals surface area contributed by atoms with Gasteiger partial charge in [0.15, 0.2) is 0 Å². The van der Waals surface area contributed by atoms with Crippen LogP contribution in [0.25, 0.3) is 0 Å². The molecule has 2 heterocycles. The Morgan fingerprint density at radius 3 is 2.58 bits per heavy atom. The fourth-order valence-corrected chi connectivity index (χ4v) is 3.58. The van der Waals surface area contributed by atoms with Crippen LogP contribution in [0, 0.1) is 6.92 Å². The number of para-hydroxylation sites is 2. The zero-order chi connectivity index (χ0) is 16.8. The van der Waals surface area contributed by atoms with Crippen LogP contribution in [0.15, 0.2) is 36.5 Å². The van der Waals surface area contributed by atoms with Gasteiger partial charge in [0.05, 0.1) is 23.7 Å². The monoisotopic (exact) mass is 345 g/mol. The molecule has 0 atom stereocenters. The smallest absolute Gasteiger partial charge is 0.146 e. The van der Waals surface area contributed by atoms with E-state index < -0.39 is 0 Å². The standard InChI is InChI=1S/C18H23N3O2S/c1-13-16(19-9-8-17(13)23-11-5-10-22-2)12-24-18-20-14-6-3-4-7-15(14)21-18/h3-4,6-9,18,20-21H,5,10-12H2,1-2H3. The number of methoxy groups -OCH3 is 1. The van der Waals surface area contributed by atoms with E-state index in [0.717, 1.165) is 40.6 Å². The highest BCUT2D eigenvalue weighted by Crippen LogP contribution is 2.33. The van der Waals surface area contributed by atoms with Gasteiger partial charge in [-0.05, 0) is 25.1 Å². The number of pyridine rings is 1. The molecule has 1 aromatic heterocycles. The second kappa shape index (κ2) is 8.26. The van der Waals surface area contributed by atoms with E-state index in [9.17, 15) is 0 Å². The average Bonchev–Trinajstić information content (AvgIpc) is 3.02. The van der Waals surface area contributed by atoms with E-state index in [1.807, 2.05) is 24.4 Å². The number of nitrogens with zero attached hydrogens (tertiary/aromatic N) is 1. The molecule has 2 N–H and O–H groups in total. The van der Waals surface area contributed by atoms with Crippen molar-refractivity contribution in [1.82, 2.24) is 4.98 Å². The van der Waals surface area contributed by atoms with Crippen LogP contribution in [0.1, 0.15) is 17.7 Å². The van der Waals surface area contributed by atoms with E-state index in [0.29, 0.717) is 13.2 Å². The highest BCUT2D eigenvalue weighted by molar-refractivity contribution is 7.99. The molecule has 1 aliphatic heterocycles. The Morgan fingerprint density at radius 2 is 1.88 bits per heavy atom. The molecule has 0 amide bonds. The molecule has 0 spiro atoms. The minimum absolute atomic E-state index is 0.162. The number of rotatable bonds is 8. The van der Waals surface area contributed by atoms with Crippen molar-refractivity contribution in [3.05, 3.63) is 47.8 Å². The first-order valence-corrected chi connectivity index (χ1v) is 9.12. The third kappa shape index (κ3) is 4.13. The maximum Gasteiger partial charge on any atom is 0.146 e. The molecule has 0 aliphatic carbocycles. The number of hydrogen-bond acceptors (Lipinski definition) is 6. The van der Waals surface area contributed by atoms with Crippen LogP contribution >= 0.6 is 11.8 Å². The van der Waals surface area contributed by atoms with Crippen LogP contribution in [0.5, 0.6) is 5.75 Å². The van der Waals surface area contributed by atoms with Gasteiger partial charge in [-0.25, -0.2) is 0 Å². The van der Waals surface area contributed by atoms with Crippen molar-refractivity contribution >= 4 is 23.1 Å². The fourth-order valence-electron chi connectivity index (χ4n) is 2.55. The van der Waals surface area contributed by atoms with Crippen molar-refractivity contribution in [2.75, 3.05) is 31.0 Å². The molecule has 0 saturated heterocycles. The molecular formula is C18H23N3O2S. The SMILES string of the molecule is COCCCOc1ccnc(CSC2Nc3ccccc3N2)c1C. The molecule has 0 radical (unpaired) electrons. The van der Waals surface area contributed by atoms with E-state index >= 15 is 0 Å². The summed E-state index contributed by atoms with van der Waals surface area (Å²) in [5.41, 5.74) is 4.63. The lowest BCUT2D eigenvalue weighted by Crippen LogP contribution is -2.17. The second-order valence-corrected chi connectivity index (χ2v) is 6.69. The summed E-state index contributed by atoms with van der Waals surface area (Å²) in [6.07, 6.45) is 2.70. The Bertz CT molecular complexity index is 656. The number of aromatic nitrogens is 1. The molecule has 1 aliphatic rings. The number of benzene rings is 1. The first-order chi connectivity index (χ1) is 11.8. The van der Waals surface area contributed by atoms with Crippen LogP contribution < -0.4 is 15.4 Å². The summed E-state index contributed by atoms with van der Waals surface area (Å²) in [6, 6.07) is 10.2. The minimum Gasteiger partial charge on any atom is -0.493 e. The van der Waals surface area contributed by atoms with Crippen LogP contribution in [0.4, 0.5) is 11.4 Å². The number of nitrogens with one attached hydrogen (secondary N) is 2. The summed E-state index contributed by atoms with van der Waals surface area (Å²) in [7, 11) is 1.70. The summed E-state index contributed by atoms with van der Waals surface area (Å²) in [6.45, 7) is 3.44. The maximum atomic E-state index is 5.84. The topological polar surface area (TPSA) is 55.4 Å². The van der Waals surface area contributed by atoms with Crippen LogP contribution in [0.3, 0.4) is 0 Å². The molecule has 2 aromatic rings. The molecule has 0 fully saturated rings. The first kappa shape index (κ1) is 16.9. The van der Waals surface area contributed by atoms with Gasteiger partial charge < -0.3 is 20.1 Å². The molecule has 0 unspecified atom stereocenters. The molecule has 6 heteroatoms. The fraction of sp³-hybridized carbons (Fsp3) is 0.389. The Balaban J connectivity index is 1.54. The molecule has 1 aromatic carbocycles. The molecule has 24 heavy (non-hydrogen) atoms. The zero-order valence-corrected chi connectivity index (χ0v) is 14.9. The van der Waals surface area contributed by atoms with Crippen molar-refractivity contribution in [2.45, 2.75) is 24.6 Å². The van der Waals surface area contributed by atoms with E-state index in [1.54, 1.807) is 18.9 Å². The van der Waals surface area contributed by atoms with E-state index in [4.69, 9.17) is 9.47 Å². The summed E-state index contributed by atoms with van der Waals surface area (Å²) in [5.74, 6) is 1.73. The van der Waals surface area contributed by atoms with Crippen LogP contribution in [-0.4, -0.2) is 30.8 Å². The van der Waals surface area contributed by atoms with E-state index in [1.165, 1.54) is 0 Å². The molecule has 128 valence electrons. The molecular weight excluding hydrogens is 322 g/mol. The predicted octanol–water partition coefficient (Wildman–Crippen LogP) is 3.86. The number of thioether (sulfide) groups is 1. The van der Waals surface area contributed by atoms with Crippen molar-refractivity contribution in [1.29, 1.82) is 0 Å². The normalized spacial score (nSPS) is 13.2. The highest BCUT2D eigenvalue weighted by atomic mass is 32.2. The van der Waals surface area contributed by atoms with Crippen LogP contribution in [0.2, 0.25) is 0 Å². The third-order valence-corrected chi connectivity index (χ3v) is 4.91. The van der Waals surface area contributed by atoms with Crippen LogP contribution in [-0.2, 0) is 10.5 Å². The van der Waals surface area contributed by atoms with Gasteiger partial charge in [0.1, 0.15) is 11.2 Å². The first-order valence-electron chi connectivity index (χ1n) is 8.08. The number of hydrogen-bond donors (Lipinski definition) is 2. The average molecular weight is 345 g/mol. The molecule has 5 nitrogen and oxygen atoms in total. The Kier molecular flexibility index (Phi) is 5.82. The maximum absolute atomic E-state index is 5.84. The van der Waals surface area contributed by atoms with Crippen molar-refractivity contribution in [3.63, 3.8) is 0 Å². The van der Waals surface area contributed by atoms with Gasteiger partial charge in [0.2, 0.25) is 0 Å². The summed E-state index contributed by atoms with van der Waals surface area (Å²) >= 11 is 1.79. The number of anilines is 2. The lowest BCUT2D eigenvalue weighted by atomic mass is 10.2. The predicted molar refractivity (Wildman–Crippen MR) is 99.7 cm³/mol. The Morgan fingerprint density at radius 1 is 1.12 bits per heavy atom. The Labute approximate surface area is 147 Å². The lowest BCUT2D eigenvalue weighted by molar-refractivity contribution is 0.172. The number of fused-ring (bicyclic) bond motifs is 1. The van der Waals surface area contributed by atoms with Gasteiger partial charge in [0.25, 0.3) is 0 Å². The van der Waals surface area contributed by atoms with Crippen molar-refractivity contribution in [2.24, 2.45) is 0 Å². The zero-order valence-electron chi connectivity index (χ0n) is 14.0. The van der Waals surface area contributed by atoms with Gasteiger partial charge in [-0.3, -0.25) is 4.98 Å². The van der Waals surface area contributed by atoms with E-state index in [-0.39, 0.29) is 5.50 Å². The number of ether oxygens (including phenoxy) is 2. The second-order valence-electron chi connectivity index (χ2n) is 5.60. The van der Waals surface area contributed by atoms with E-state index in [2.05, 4.69) is 34.7 Å². The molecule has 0 saturated carbocycles. The molecule has 0 bridgehead atoms. The highest BCUT2D eigenvalue weighted by Gasteiger charge is 2.19. The van der Waals surface area contributed by atoms with Gasteiger partial charge >= 0.3 is 0 Å². The van der Waals surface area contributed by atoms with Gasteiger partial charge in [0, 0.05) is 37.7 Å². The van der Waals surface area contributed by atoms with Gasteiger partial charge in [-0.15, -0.1) is 11.8 Å². The van der Waals surface area contributed by atoms with Gasteiger partial charge in [-0.1, -0.05) is 12.1 Å². The Hall–Kier alpha value is -1.92. The third-order valence-electron chi connectivity index (χ3n) is 3.90. The lowest BCUT2D eigenvalue weighted by Gasteiger charge is -2.14. The quantitative estimate of drug-likeness (QED) is 0.709. The summed E-state index contributed by atoms with van der Waals surface area (Å²) in [4.78, 5) is 4.51. The molecule has 3 rings (SSSR count). The van der Waals surface area contributed by atoms with Crippen molar-refractivity contribution < 1.29 is 9.47 Å². The summed E-state index contributed by atoms with van der Waals surface area (Å²) in [5, 5.41) is 6.93. The minimum atomic E-state index is 0.162. The summed E-state index contributed by atoms with van der Waals surface area (Å²) < 4.78 is 10.9.